The van der Waals surface area contributed by atoms with Crippen LogP contribution in [0.2, 0.25) is 0 Å². The highest BCUT2D eigenvalue weighted by Gasteiger charge is 2.22. The van der Waals surface area contributed by atoms with E-state index < -0.39 is 11.9 Å². The van der Waals surface area contributed by atoms with E-state index in [1.807, 2.05) is 13.8 Å². The molecule has 2 amide bonds. The third-order valence-corrected chi connectivity index (χ3v) is 4.13. The van der Waals surface area contributed by atoms with E-state index in [-0.39, 0.29) is 37.0 Å². The molecule has 0 saturated heterocycles. The molecule has 1 aliphatic rings. The number of amides is 2. The summed E-state index contributed by atoms with van der Waals surface area (Å²) >= 11 is 0. The van der Waals surface area contributed by atoms with Crippen LogP contribution in [0.4, 0.5) is 0 Å². The molecular formula is C18H23N5O4. The second kappa shape index (κ2) is 8.52. The van der Waals surface area contributed by atoms with Crippen molar-refractivity contribution in [2.24, 2.45) is 9.98 Å². The van der Waals surface area contributed by atoms with E-state index in [0.29, 0.717) is 12.1 Å². The maximum absolute atomic E-state index is 11.9. The van der Waals surface area contributed by atoms with E-state index in [1.54, 1.807) is 13.8 Å². The highest BCUT2D eigenvalue weighted by atomic mass is 16.5. The molecule has 0 fully saturated rings. The van der Waals surface area contributed by atoms with Gasteiger partial charge in [0, 0.05) is 12.1 Å². The van der Waals surface area contributed by atoms with Crippen molar-refractivity contribution in [1.82, 2.24) is 15.1 Å². The number of aryl methyl sites for hydroxylation is 1. The average molecular weight is 373 g/mol. The maximum Gasteiger partial charge on any atom is 0.325 e. The van der Waals surface area contributed by atoms with E-state index in [9.17, 15) is 14.4 Å². The van der Waals surface area contributed by atoms with Gasteiger partial charge in [-0.15, -0.1) is 0 Å². The summed E-state index contributed by atoms with van der Waals surface area (Å²) in [4.78, 5) is 43.3. The van der Waals surface area contributed by atoms with Crippen LogP contribution in [-0.2, 0) is 25.5 Å². The molecule has 0 unspecified atom stereocenters. The van der Waals surface area contributed by atoms with Gasteiger partial charge in [-0.05, 0) is 39.7 Å². The van der Waals surface area contributed by atoms with Gasteiger partial charge in [-0.3, -0.25) is 14.4 Å². The number of nitrogens with one attached hydrogen (secondary N) is 1. The fourth-order valence-electron chi connectivity index (χ4n) is 2.59. The Labute approximate surface area is 157 Å². The zero-order chi connectivity index (χ0) is 20.1. The monoisotopic (exact) mass is 373 g/mol. The van der Waals surface area contributed by atoms with Crippen molar-refractivity contribution >= 4 is 29.5 Å². The SMILES string of the molecule is C=C1C(=O)N=C(n2nc(C)c(CCC(=O)NCC(=O)OCC)c2C)N=C1C. The van der Waals surface area contributed by atoms with Crippen molar-refractivity contribution in [1.29, 1.82) is 0 Å². The van der Waals surface area contributed by atoms with E-state index in [1.165, 1.54) is 4.68 Å². The lowest BCUT2D eigenvalue weighted by atomic mass is 10.1. The molecule has 0 spiro atoms. The van der Waals surface area contributed by atoms with Gasteiger partial charge in [0.25, 0.3) is 11.9 Å². The largest absolute Gasteiger partial charge is 0.465 e. The third-order valence-electron chi connectivity index (χ3n) is 4.13. The standard InChI is InChI=1S/C18H23N5O4/c1-6-27-16(25)9-19-15(24)8-7-14-12(4)22-23(13(14)5)18-20-11(3)10(2)17(26)21-18/h2,6-9H2,1,3-5H3,(H,19,24). The van der Waals surface area contributed by atoms with Crippen LogP contribution in [-0.4, -0.2) is 52.4 Å². The Balaban J connectivity index is 2.07. The van der Waals surface area contributed by atoms with Crippen LogP contribution in [0, 0.1) is 13.8 Å². The Hall–Kier alpha value is -3.10. The molecule has 0 saturated carbocycles. The molecule has 0 aliphatic carbocycles. The lowest BCUT2D eigenvalue weighted by Gasteiger charge is -2.11. The number of esters is 1. The lowest BCUT2D eigenvalue weighted by molar-refractivity contribution is -0.143. The van der Waals surface area contributed by atoms with Crippen LogP contribution in [0.1, 0.15) is 37.2 Å². The van der Waals surface area contributed by atoms with Crippen LogP contribution >= 0.6 is 0 Å². The molecule has 144 valence electrons. The van der Waals surface area contributed by atoms with Crippen LogP contribution in [0.5, 0.6) is 0 Å². The van der Waals surface area contributed by atoms with Crippen molar-refractivity contribution in [3.63, 3.8) is 0 Å². The number of rotatable bonds is 6. The highest BCUT2D eigenvalue weighted by molar-refractivity contribution is 6.27. The lowest BCUT2D eigenvalue weighted by Crippen LogP contribution is -2.30. The fraction of sp³-hybridized carbons (Fsp3) is 0.444. The van der Waals surface area contributed by atoms with Crippen molar-refractivity contribution in [3.05, 3.63) is 29.1 Å². The first-order valence-electron chi connectivity index (χ1n) is 8.60. The summed E-state index contributed by atoms with van der Waals surface area (Å²) in [7, 11) is 0. The molecule has 9 heteroatoms. The molecule has 0 aromatic carbocycles. The molecule has 2 rings (SSSR count). The first kappa shape index (κ1) is 20.2. The molecule has 27 heavy (non-hydrogen) atoms. The van der Waals surface area contributed by atoms with Gasteiger partial charge < -0.3 is 10.1 Å². The third kappa shape index (κ3) is 4.75. The van der Waals surface area contributed by atoms with Gasteiger partial charge in [-0.25, -0.2) is 9.67 Å². The Bertz CT molecular complexity index is 863. The van der Waals surface area contributed by atoms with Crippen molar-refractivity contribution in [2.45, 2.75) is 40.5 Å². The first-order chi connectivity index (χ1) is 12.7. The number of carbonyl (C=O) groups excluding carboxylic acids is 3. The molecular weight excluding hydrogens is 350 g/mol. The van der Waals surface area contributed by atoms with Crippen LogP contribution in [0.3, 0.4) is 0 Å². The average Bonchev–Trinajstić information content (AvgIpc) is 2.90. The molecule has 1 N–H and O–H groups in total. The van der Waals surface area contributed by atoms with E-state index >= 15 is 0 Å². The maximum atomic E-state index is 11.9. The number of aliphatic imine (C=N–C) groups is 2. The van der Waals surface area contributed by atoms with Crippen LogP contribution in [0.15, 0.2) is 22.1 Å². The second-order valence-corrected chi connectivity index (χ2v) is 6.04. The Morgan fingerprint density at radius 3 is 2.56 bits per heavy atom. The molecule has 2 heterocycles. The van der Waals surface area contributed by atoms with Gasteiger partial charge in [-0.1, -0.05) is 6.58 Å². The molecule has 0 atom stereocenters. The summed E-state index contributed by atoms with van der Waals surface area (Å²) in [6.07, 6.45) is 0.625. The normalized spacial score (nSPS) is 13.9. The molecule has 0 radical (unpaired) electrons. The smallest absolute Gasteiger partial charge is 0.325 e. The predicted octanol–water partition coefficient (Wildman–Crippen LogP) is 0.873. The summed E-state index contributed by atoms with van der Waals surface area (Å²) < 4.78 is 6.26. The van der Waals surface area contributed by atoms with Gasteiger partial charge in [0.2, 0.25) is 5.91 Å². The molecule has 1 aromatic heterocycles. The molecule has 1 aliphatic heterocycles. The number of hydrogen-bond acceptors (Lipinski definition) is 6. The summed E-state index contributed by atoms with van der Waals surface area (Å²) in [5.74, 6) is -0.987. The quantitative estimate of drug-likeness (QED) is 0.587. The van der Waals surface area contributed by atoms with Crippen LogP contribution < -0.4 is 5.32 Å². The number of aromatic nitrogens is 2. The first-order valence-corrected chi connectivity index (χ1v) is 8.60. The minimum atomic E-state index is -0.471. The van der Waals surface area contributed by atoms with E-state index in [2.05, 4.69) is 27.0 Å². The minimum Gasteiger partial charge on any atom is -0.465 e. The summed E-state index contributed by atoms with van der Waals surface area (Å²) in [5, 5.41) is 6.92. The number of ether oxygens (including phenoxy) is 1. The zero-order valence-corrected chi connectivity index (χ0v) is 16.0. The Morgan fingerprint density at radius 1 is 1.22 bits per heavy atom. The highest BCUT2D eigenvalue weighted by Crippen LogP contribution is 2.17. The summed E-state index contributed by atoms with van der Waals surface area (Å²) in [5.41, 5.74) is 3.10. The van der Waals surface area contributed by atoms with Crippen molar-refractivity contribution in [3.8, 4) is 0 Å². The summed E-state index contributed by atoms with van der Waals surface area (Å²) in [6.45, 7) is 10.8. The Morgan fingerprint density at radius 2 is 1.93 bits per heavy atom. The predicted molar refractivity (Wildman–Crippen MR) is 99.8 cm³/mol. The van der Waals surface area contributed by atoms with Gasteiger partial charge in [-0.2, -0.15) is 10.1 Å². The molecule has 1 aromatic rings. The fourth-order valence-corrected chi connectivity index (χ4v) is 2.59. The zero-order valence-electron chi connectivity index (χ0n) is 16.0. The van der Waals surface area contributed by atoms with Crippen LogP contribution in [0.25, 0.3) is 0 Å². The van der Waals surface area contributed by atoms with Gasteiger partial charge in [0.05, 0.1) is 23.6 Å². The van der Waals surface area contributed by atoms with E-state index in [4.69, 9.17) is 4.74 Å². The van der Waals surface area contributed by atoms with Crippen molar-refractivity contribution < 1.29 is 19.1 Å². The van der Waals surface area contributed by atoms with E-state index in [0.717, 1.165) is 17.0 Å². The second-order valence-electron chi connectivity index (χ2n) is 6.04. The number of hydrogen-bond donors (Lipinski definition) is 1. The Kier molecular flexibility index (Phi) is 6.38. The number of nitrogens with zero attached hydrogens (tertiary/aromatic N) is 4. The topological polar surface area (TPSA) is 115 Å². The van der Waals surface area contributed by atoms with Gasteiger partial charge >= 0.3 is 5.97 Å². The summed E-state index contributed by atoms with van der Waals surface area (Å²) in [6, 6.07) is 0. The van der Waals surface area contributed by atoms with Gasteiger partial charge in [0.15, 0.2) is 0 Å². The van der Waals surface area contributed by atoms with Crippen molar-refractivity contribution in [2.75, 3.05) is 13.2 Å². The molecule has 0 bridgehead atoms. The molecule has 9 nitrogen and oxygen atoms in total. The van der Waals surface area contributed by atoms with Gasteiger partial charge in [0.1, 0.15) is 6.54 Å². The minimum absolute atomic E-state index is 0.152. The number of carbonyl (C=O) groups is 3.